The van der Waals surface area contributed by atoms with Crippen LogP contribution >= 0.6 is 24.8 Å². The van der Waals surface area contributed by atoms with Crippen LogP contribution in [0.3, 0.4) is 0 Å². The lowest BCUT2D eigenvalue weighted by atomic mass is 9.93. The molecule has 132 valence electrons. The fourth-order valence-electron chi connectivity index (χ4n) is 3.41. The van der Waals surface area contributed by atoms with E-state index in [0.717, 1.165) is 50.0 Å². The lowest BCUT2D eigenvalue weighted by molar-refractivity contribution is 0.165. The Morgan fingerprint density at radius 1 is 1.12 bits per heavy atom. The van der Waals surface area contributed by atoms with Crippen LogP contribution in [-0.2, 0) is 0 Å². The largest absolute Gasteiger partial charge is 0.508 e. The second-order valence-corrected chi connectivity index (χ2v) is 5.89. The Hall–Kier alpha value is -1.26. The van der Waals surface area contributed by atoms with E-state index in [4.69, 9.17) is 0 Å². The summed E-state index contributed by atoms with van der Waals surface area (Å²) < 4.78 is 0. The highest BCUT2D eigenvalue weighted by molar-refractivity contribution is 5.88. The molecule has 2 aromatic rings. The quantitative estimate of drug-likeness (QED) is 0.772. The van der Waals surface area contributed by atoms with Crippen LogP contribution in [0.2, 0.25) is 0 Å². The zero-order valence-electron chi connectivity index (χ0n) is 13.8. The molecule has 1 saturated heterocycles. The molecule has 0 aliphatic carbocycles. The first-order valence-electron chi connectivity index (χ1n) is 8.07. The van der Waals surface area contributed by atoms with Gasteiger partial charge in [-0.1, -0.05) is 36.4 Å². The molecule has 1 atom stereocenters. The van der Waals surface area contributed by atoms with Crippen LogP contribution < -0.4 is 5.32 Å². The molecule has 2 N–H and O–H groups in total. The summed E-state index contributed by atoms with van der Waals surface area (Å²) in [7, 11) is 0. The predicted molar refractivity (Wildman–Crippen MR) is 107 cm³/mol. The number of halogens is 2. The Morgan fingerprint density at radius 2 is 1.83 bits per heavy atom. The molecule has 24 heavy (non-hydrogen) atoms. The maximum Gasteiger partial charge on any atom is 0.121 e. The molecule has 0 spiro atoms. The van der Waals surface area contributed by atoms with Crippen LogP contribution in [0.25, 0.3) is 10.8 Å². The number of nitrogens with one attached hydrogen (secondary N) is 1. The fourth-order valence-corrected chi connectivity index (χ4v) is 3.41. The van der Waals surface area contributed by atoms with Crippen LogP contribution in [0.1, 0.15) is 24.4 Å². The standard InChI is InChI=1S/C19H24N2O.2ClH/c1-2-3-8-17(21-13-11-20-12-14-21)19-16-7-5-4-6-15(16)9-10-18(19)22;;/h2,4-7,9-10,17,20,22H,1,3,8,11-14H2;2*1H/t17-;;/m1../s1. The number of benzene rings is 2. The second-order valence-electron chi connectivity index (χ2n) is 5.89. The number of phenolic OH excluding ortho intramolecular Hbond substituents is 1. The molecule has 3 nitrogen and oxygen atoms in total. The average Bonchev–Trinajstić information content (AvgIpc) is 2.58. The minimum Gasteiger partial charge on any atom is -0.508 e. The molecular formula is C19H26Cl2N2O. The van der Waals surface area contributed by atoms with Crippen molar-refractivity contribution in [1.29, 1.82) is 0 Å². The number of phenols is 1. The molecule has 0 radical (unpaired) electrons. The van der Waals surface area contributed by atoms with E-state index in [1.165, 1.54) is 5.39 Å². The first-order chi connectivity index (χ1) is 10.8. The molecule has 3 rings (SSSR count). The van der Waals surface area contributed by atoms with Crippen molar-refractivity contribution < 1.29 is 5.11 Å². The second kappa shape index (κ2) is 9.90. The molecule has 2 aromatic carbocycles. The van der Waals surface area contributed by atoms with Gasteiger partial charge in [0.2, 0.25) is 0 Å². The Balaban J connectivity index is 0.00000144. The number of aromatic hydroxyl groups is 1. The van der Waals surface area contributed by atoms with Gasteiger partial charge in [0.15, 0.2) is 0 Å². The molecule has 0 unspecified atom stereocenters. The van der Waals surface area contributed by atoms with Crippen molar-refractivity contribution in [3.63, 3.8) is 0 Å². The monoisotopic (exact) mass is 368 g/mol. The molecule has 0 aromatic heterocycles. The van der Waals surface area contributed by atoms with Crippen molar-refractivity contribution in [2.24, 2.45) is 0 Å². The van der Waals surface area contributed by atoms with Crippen molar-refractivity contribution in [3.05, 3.63) is 54.6 Å². The number of fused-ring (bicyclic) bond motifs is 1. The van der Waals surface area contributed by atoms with Gasteiger partial charge in [-0.15, -0.1) is 31.4 Å². The summed E-state index contributed by atoms with van der Waals surface area (Å²) in [5.74, 6) is 0.409. The summed E-state index contributed by atoms with van der Waals surface area (Å²) in [6, 6.07) is 12.4. The van der Waals surface area contributed by atoms with Crippen molar-refractivity contribution >= 4 is 35.6 Å². The van der Waals surface area contributed by atoms with Crippen LogP contribution in [0.15, 0.2) is 49.1 Å². The summed E-state index contributed by atoms with van der Waals surface area (Å²) in [6.07, 6.45) is 3.92. The van der Waals surface area contributed by atoms with E-state index < -0.39 is 0 Å². The van der Waals surface area contributed by atoms with Gasteiger partial charge in [-0.2, -0.15) is 0 Å². The predicted octanol–water partition coefficient (Wildman–Crippen LogP) is 4.30. The normalized spacial score (nSPS) is 16.0. The van der Waals surface area contributed by atoms with Gasteiger partial charge in [0.05, 0.1) is 0 Å². The SMILES string of the molecule is C=CCC[C@H](c1c(O)ccc2ccccc12)N1CCNCC1.Cl.Cl. The zero-order valence-corrected chi connectivity index (χ0v) is 15.4. The Morgan fingerprint density at radius 3 is 2.54 bits per heavy atom. The van der Waals surface area contributed by atoms with Gasteiger partial charge >= 0.3 is 0 Å². The van der Waals surface area contributed by atoms with E-state index in [1.54, 1.807) is 0 Å². The molecule has 1 aliphatic heterocycles. The number of rotatable bonds is 5. The van der Waals surface area contributed by atoms with Crippen molar-refractivity contribution in [3.8, 4) is 5.75 Å². The van der Waals surface area contributed by atoms with E-state index in [9.17, 15) is 5.11 Å². The zero-order chi connectivity index (χ0) is 15.4. The molecule has 0 amide bonds. The number of allylic oxidation sites excluding steroid dienone is 1. The maximum absolute atomic E-state index is 10.5. The Kier molecular flexibility index (Phi) is 8.57. The number of nitrogens with zero attached hydrogens (tertiary/aromatic N) is 1. The first kappa shape index (κ1) is 20.8. The summed E-state index contributed by atoms with van der Waals surface area (Å²) in [5, 5.41) is 16.3. The van der Waals surface area contributed by atoms with Crippen molar-refractivity contribution in [1.82, 2.24) is 10.2 Å². The van der Waals surface area contributed by atoms with Crippen LogP contribution in [0.4, 0.5) is 0 Å². The fraction of sp³-hybridized carbons (Fsp3) is 0.368. The highest BCUT2D eigenvalue weighted by Crippen LogP contribution is 2.37. The lowest BCUT2D eigenvalue weighted by Gasteiger charge is -2.36. The number of piperazine rings is 1. The lowest BCUT2D eigenvalue weighted by Crippen LogP contribution is -2.45. The summed E-state index contributed by atoms with van der Waals surface area (Å²) >= 11 is 0. The highest BCUT2D eigenvalue weighted by atomic mass is 35.5. The Labute approximate surface area is 156 Å². The van der Waals surface area contributed by atoms with Gasteiger partial charge < -0.3 is 10.4 Å². The topological polar surface area (TPSA) is 35.5 Å². The summed E-state index contributed by atoms with van der Waals surface area (Å²) in [4.78, 5) is 2.49. The number of hydrogen-bond acceptors (Lipinski definition) is 3. The Bertz CT molecular complexity index is 657. The minimum absolute atomic E-state index is 0. The third-order valence-electron chi connectivity index (χ3n) is 4.52. The van der Waals surface area contributed by atoms with Crippen LogP contribution in [0.5, 0.6) is 5.75 Å². The van der Waals surface area contributed by atoms with E-state index >= 15 is 0 Å². The van der Waals surface area contributed by atoms with Gasteiger partial charge in [0.1, 0.15) is 5.75 Å². The van der Waals surface area contributed by atoms with E-state index in [-0.39, 0.29) is 30.9 Å². The van der Waals surface area contributed by atoms with Gasteiger partial charge in [0.25, 0.3) is 0 Å². The third-order valence-corrected chi connectivity index (χ3v) is 4.52. The smallest absolute Gasteiger partial charge is 0.121 e. The molecule has 5 heteroatoms. The summed E-state index contributed by atoms with van der Waals surface area (Å²) in [5.41, 5.74) is 1.07. The van der Waals surface area contributed by atoms with Crippen molar-refractivity contribution in [2.75, 3.05) is 26.2 Å². The van der Waals surface area contributed by atoms with Gasteiger partial charge in [-0.3, -0.25) is 4.90 Å². The van der Waals surface area contributed by atoms with Crippen molar-refractivity contribution in [2.45, 2.75) is 18.9 Å². The van der Waals surface area contributed by atoms with E-state index in [2.05, 4.69) is 28.9 Å². The third kappa shape index (κ3) is 4.42. The van der Waals surface area contributed by atoms with Gasteiger partial charge in [-0.05, 0) is 29.7 Å². The minimum atomic E-state index is 0. The summed E-state index contributed by atoms with van der Waals surface area (Å²) in [6.45, 7) is 7.92. The molecular weight excluding hydrogens is 343 g/mol. The number of hydrogen-bond donors (Lipinski definition) is 2. The van der Waals surface area contributed by atoms with Gasteiger partial charge in [-0.25, -0.2) is 0 Å². The van der Waals surface area contributed by atoms with Crippen LogP contribution in [0, 0.1) is 0 Å². The van der Waals surface area contributed by atoms with E-state index in [0.29, 0.717) is 5.75 Å². The highest BCUT2D eigenvalue weighted by Gasteiger charge is 2.25. The van der Waals surface area contributed by atoms with Crippen LogP contribution in [-0.4, -0.2) is 36.2 Å². The molecule has 1 aliphatic rings. The van der Waals surface area contributed by atoms with Gasteiger partial charge in [0, 0.05) is 37.8 Å². The molecule has 1 heterocycles. The average molecular weight is 369 g/mol. The molecule has 1 fully saturated rings. The molecule has 0 bridgehead atoms. The van der Waals surface area contributed by atoms with E-state index in [1.807, 2.05) is 30.3 Å². The first-order valence-corrected chi connectivity index (χ1v) is 8.07. The molecule has 0 saturated carbocycles. The maximum atomic E-state index is 10.5.